The quantitative estimate of drug-likeness (QED) is 0.431. The molecule has 9 nitrogen and oxygen atoms in total. The average Bonchev–Trinajstić information content (AvgIpc) is 2.56. The third-order valence-corrected chi connectivity index (χ3v) is 4.93. The van der Waals surface area contributed by atoms with Crippen molar-refractivity contribution in [1.82, 2.24) is 10.0 Å². The fraction of sp³-hybridized carbons (Fsp3) is 0.400. The molecule has 2 unspecified atom stereocenters. The maximum atomic E-state index is 12.9. The molecule has 0 spiro atoms. The van der Waals surface area contributed by atoms with E-state index in [0.29, 0.717) is 0 Å². The molecule has 2 amide bonds. The number of benzene rings is 1. The molecule has 0 saturated carbocycles. The summed E-state index contributed by atoms with van der Waals surface area (Å²) in [6.45, 7) is 1.52. The summed E-state index contributed by atoms with van der Waals surface area (Å²) in [6.07, 6.45) is -0.443. The molecule has 26 heavy (non-hydrogen) atoms. The summed E-state index contributed by atoms with van der Waals surface area (Å²) >= 11 is 0. The number of carboxylic acids is 1. The van der Waals surface area contributed by atoms with Gasteiger partial charge in [0.1, 0.15) is 17.9 Å². The van der Waals surface area contributed by atoms with Gasteiger partial charge < -0.3 is 16.2 Å². The summed E-state index contributed by atoms with van der Waals surface area (Å²) in [5.41, 5.74) is 4.95. The van der Waals surface area contributed by atoms with Crippen LogP contribution in [0.15, 0.2) is 29.2 Å². The minimum atomic E-state index is -4.11. The number of nitrogens with one attached hydrogen (secondary N) is 2. The van der Waals surface area contributed by atoms with Crippen LogP contribution in [0.2, 0.25) is 0 Å². The van der Waals surface area contributed by atoms with Crippen LogP contribution in [0, 0.1) is 5.82 Å². The first kappa shape index (κ1) is 21.5. The van der Waals surface area contributed by atoms with Crippen LogP contribution in [0.4, 0.5) is 4.39 Å². The van der Waals surface area contributed by atoms with Gasteiger partial charge in [-0.1, -0.05) is 6.92 Å². The lowest BCUT2D eigenvalue weighted by atomic mass is 10.1. The summed E-state index contributed by atoms with van der Waals surface area (Å²) < 4.78 is 39.6. The molecule has 1 aromatic rings. The molecule has 0 aliphatic rings. The Labute approximate surface area is 149 Å². The van der Waals surface area contributed by atoms with Gasteiger partial charge in [0.05, 0.1) is 4.90 Å². The summed E-state index contributed by atoms with van der Waals surface area (Å²) in [6, 6.07) is 1.35. The summed E-state index contributed by atoms with van der Waals surface area (Å²) in [5.74, 6) is -3.59. The molecule has 0 bridgehead atoms. The Morgan fingerprint density at radius 1 is 1.19 bits per heavy atom. The lowest BCUT2D eigenvalue weighted by Gasteiger charge is -2.20. The van der Waals surface area contributed by atoms with Gasteiger partial charge in [-0.05, 0) is 37.1 Å². The predicted octanol–water partition coefficient (Wildman–Crippen LogP) is -0.282. The van der Waals surface area contributed by atoms with Crippen LogP contribution in [0.5, 0.6) is 0 Å². The molecule has 1 aromatic carbocycles. The van der Waals surface area contributed by atoms with Crippen molar-refractivity contribution < 1.29 is 32.3 Å². The summed E-state index contributed by atoms with van der Waals surface area (Å²) in [5, 5.41) is 11.3. The summed E-state index contributed by atoms with van der Waals surface area (Å²) in [7, 11) is -4.11. The highest BCUT2D eigenvalue weighted by Gasteiger charge is 2.28. The number of primary amides is 1. The molecular formula is C15H20FN3O6S. The van der Waals surface area contributed by atoms with Crippen LogP contribution in [-0.2, 0) is 24.4 Å². The Hall–Kier alpha value is -2.53. The number of carbonyl (C=O) groups excluding carboxylic acids is 2. The minimum absolute atomic E-state index is 0.0361. The van der Waals surface area contributed by atoms with Crippen molar-refractivity contribution in [1.29, 1.82) is 0 Å². The maximum absolute atomic E-state index is 12.9. The first-order valence-electron chi connectivity index (χ1n) is 7.66. The van der Waals surface area contributed by atoms with Crippen LogP contribution in [0.3, 0.4) is 0 Å². The van der Waals surface area contributed by atoms with Gasteiger partial charge in [0.15, 0.2) is 0 Å². The van der Waals surface area contributed by atoms with Gasteiger partial charge >= 0.3 is 5.97 Å². The van der Waals surface area contributed by atoms with Gasteiger partial charge in [-0.3, -0.25) is 9.59 Å². The van der Waals surface area contributed by atoms with E-state index in [1.165, 1.54) is 6.92 Å². The number of sulfonamides is 1. The van der Waals surface area contributed by atoms with Crippen molar-refractivity contribution in [3.8, 4) is 0 Å². The number of hydrogen-bond donors (Lipinski definition) is 4. The van der Waals surface area contributed by atoms with Crippen molar-refractivity contribution in [2.75, 3.05) is 0 Å². The van der Waals surface area contributed by atoms with Gasteiger partial charge in [-0.25, -0.2) is 17.6 Å². The second kappa shape index (κ2) is 9.25. The molecular weight excluding hydrogens is 369 g/mol. The lowest BCUT2D eigenvalue weighted by Crippen LogP contribution is -2.51. The van der Waals surface area contributed by atoms with Crippen LogP contribution >= 0.6 is 0 Å². The van der Waals surface area contributed by atoms with E-state index in [4.69, 9.17) is 10.8 Å². The Morgan fingerprint density at radius 3 is 2.23 bits per heavy atom. The van der Waals surface area contributed by atoms with Crippen LogP contribution < -0.4 is 15.8 Å². The standard InChI is InChI=1S/C15H20FN3O6S/c1-2-11(14(21)18-12(15(22)23)7-8-13(17)20)19-26(24,25)10-5-3-9(16)4-6-10/h3-6,11-12,19H,2,7-8H2,1H3,(H2,17,20)(H,18,21)(H,22,23). The van der Waals surface area contributed by atoms with Gasteiger partial charge in [0.2, 0.25) is 21.8 Å². The van der Waals surface area contributed by atoms with E-state index in [1.807, 2.05) is 0 Å². The van der Waals surface area contributed by atoms with Crippen LogP contribution in [0.25, 0.3) is 0 Å². The smallest absolute Gasteiger partial charge is 0.326 e. The SMILES string of the molecule is CCC(NS(=O)(=O)c1ccc(F)cc1)C(=O)NC(CCC(N)=O)C(=O)O. The molecule has 0 heterocycles. The number of aliphatic carboxylic acids is 1. The number of hydrogen-bond acceptors (Lipinski definition) is 5. The van der Waals surface area contributed by atoms with Crippen molar-refractivity contribution >= 4 is 27.8 Å². The van der Waals surface area contributed by atoms with E-state index in [2.05, 4.69) is 10.0 Å². The molecule has 0 aromatic heterocycles. The second-order valence-electron chi connectivity index (χ2n) is 5.44. The molecule has 0 fully saturated rings. The molecule has 0 aliphatic carbocycles. The predicted molar refractivity (Wildman–Crippen MR) is 88.8 cm³/mol. The third kappa shape index (κ3) is 6.41. The van der Waals surface area contributed by atoms with E-state index in [9.17, 15) is 27.2 Å². The zero-order valence-electron chi connectivity index (χ0n) is 13.9. The van der Waals surface area contributed by atoms with Crippen molar-refractivity contribution in [2.24, 2.45) is 5.73 Å². The molecule has 1 rings (SSSR count). The number of nitrogens with two attached hydrogens (primary N) is 1. The Kier molecular flexibility index (Phi) is 7.65. The molecule has 144 valence electrons. The normalized spacial score (nSPS) is 13.6. The monoisotopic (exact) mass is 389 g/mol. The highest BCUT2D eigenvalue weighted by molar-refractivity contribution is 7.89. The van der Waals surface area contributed by atoms with E-state index in [-0.39, 0.29) is 24.2 Å². The molecule has 0 radical (unpaired) electrons. The second-order valence-corrected chi connectivity index (χ2v) is 7.15. The Balaban J connectivity index is 2.85. The Bertz CT molecular complexity index is 766. The van der Waals surface area contributed by atoms with Crippen molar-refractivity contribution in [3.63, 3.8) is 0 Å². The third-order valence-electron chi connectivity index (χ3n) is 3.44. The largest absolute Gasteiger partial charge is 0.480 e. The summed E-state index contributed by atoms with van der Waals surface area (Å²) in [4.78, 5) is 33.9. The van der Waals surface area contributed by atoms with Gasteiger partial charge in [0, 0.05) is 6.42 Å². The van der Waals surface area contributed by atoms with E-state index in [1.54, 1.807) is 0 Å². The van der Waals surface area contributed by atoms with E-state index >= 15 is 0 Å². The molecule has 5 N–H and O–H groups in total. The van der Waals surface area contributed by atoms with Crippen molar-refractivity contribution in [3.05, 3.63) is 30.1 Å². The first-order chi connectivity index (χ1) is 12.1. The maximum Gasteiger partial charge on any atom is 0.326 e. The topological polar surface area (TPSA) is 156 Å². The highest BCUT2D eigenvalue weighted by Crippen LogP contribution is 2.11. The van der Waals surface area contributed by atoms with Gasteiger partial charge in [-0.15, -0.1) is 0 Å². The van der Waals surface area contributed by atoms with Gasteiger partial charge in [-0.2, -0.15) is 4.72 Å². The zero-order valence-corrected chi connectivity index (χ0v) is 14.8. The number of amides is 2. The van der Waals surface area contributed by atoms with Crippen LogP contribution in [-0.4, -0.2) is 43.4 Å². The molecule has 0 aliphatic heterocycles. The number of carbonyl (C=O) groups is 3. The molecule has 11 heteroatoms. The average molecular weight is 389 g/mol. The molecule has 2 atom stereocenters. The fourth-order valence-corrected chi connectivity index (χ4v) is 3.29. The fourth-order valence-electron chi connectivity index (χ4n) is 2.01. The minimum Gasteiger partial charge on any atom is -0.480 e. The number of halogens is 1. The van der Waals surface area contributed by atoms with E-state index in [0.717, 1.165) is 24.3 Å². The van der Waals surface area contributed by atoms with Crippen LogP contribution in [0.1, 0.15) is 26.2 Å². The van der Waals surface area contributed by atoms with Crippen molar-refractivity contribution in [2.45, 2.75) is 43.2 Å². The zero-order chi connectivity index (χ0) is 19.9. The number of rotatable bonds is 10. The molecule has 0 saturated heterocycles. The number of carboxylic acid groups (broad SMARTS) is 1. The van der Waals surface area contributed by atoms with E-state index < -0.39 is 45.7 Å². The van der Waals surface area contributed by atoms with Gasteiger partial charge in [0.25, 0.3) is 0 Å². The highest BCUT2D eigenvalue weighted by atomic mass is 32.2. The first-order valence-corrected chi connectivity index (χ1v) is 9.14. The lowest BCUT2D eigenvalue weighted by molar-refractivity contribution is -0.142. The Morgan fingerprint density at radius 2 is 1.77 bits per heavy atom.